The van der Waals surface area contributed by atoms with Crippen molar-refractivity contribution < 1.29 is 4.74 Å². The van der Waals surface area contributed by atoms with E-state index in [1.165, 1.54) is 11.1 Å². The van der Waals surface area contributed by atoms with Crippen molar-refractivity contribution in [1.29, 1.82) is 0 Å². The van der Waals surface area contributed by atoms with Gasteiger partial charge in [-0.3, -0.25) is 0 Å². The van der Waals surface area contributed by atoms with Crippen LogP contribution in [0.4, 0.5) is 0 Å². The fourth-order valence-corrected chi connectivity index (χ4v) is 1.65. The maximum atomic E-state index is 5.57. The lowest BCUT2D eigenvalue weighted by Gasteiger charge is -2.13. The normalized spacial score (nSPS) is 10.7. The second-order valence-corrected chi connectivity index (χ2v) is 3.92. The maximum Gasteiger partial charge on any atom is 0.122 e. The highest BCUT2D eigenvalue weighted by Gasteiger charge is 2.04. The standard InChI is InChI=1S/C12H20N2O/c1-14(2)9-10-4-5-12(15-3)11(8-10)6-7-13/h4-5,8H,6-7,9,13H2,1-3H3. The van der Waals surface area contributed by atoms with E-state index >= 15 is 0 Å². The first-order valence-electron chi connectivity index (χ1n) is 5.18. The molecule has 0 aliphatic carbocycles. The molecule has 0 saturated carbocycles. The Morgan fingerprint density at radius 2 is 2.07 bits per heavy atom. The van der Waals surface area contributed by atoms with Crippen LogP contribution in [0.5, 0.6) is 5.75 Å². The van der Waals surface area contributed by atoms with Gasteiger partial charge in [-0.2, -0.15) is 0 Å². The largest absolute Gasteiger partial charge is 0.496 e. The lowest BCUT2D eigenvalue weighted by molar-refractivity contribution is 0.397. The van der Waals surface area contributed by atoms with Crippen molar-refractivity contribution in [3.63, 3.8) is 0 Å². The predicted octanol–water partition coefficient (Wildman–Crippen LogP) is 1.26. The van der Waals surface area contributed by atoms with Crippen molar-refractivity contribution in [1.82, 2.24) is 4.90 Å². The van der Waals surface area contributed by atoms with Crippen LogP contribution in [0.3, 0.4) is 0 Å². The molecule has 3 nitrogen and oxygen atoms in total. The van der Waals surface area contributed by atoms with Gasteiger partial charge in [0, 0.05) is 6.54 Å². The Kier molecular flexibility index (Phi) is 4.59. The van der Waals surface area contributed by atoms with Crippen molar-refractivity contribution in [2.45, 2.75) is 13.0 Å². The van der Waals surface area contributed by atoms with Crippen molar-refractivity contribution in [3.8, 4) is 5.75 Å². The van der Waals surface area contributed by atoms with E-state index in [2.05, 4.69) is 31.1 Å². The molecule has 0 amide bonds. The summed E-state index contributed by atoms with van der Waals surface area (Å²) in [6.07, 6.45) is 0.866. The summed E-state index contributed by atoms with van der Waals surface area (Å²) in [5.74, 6) is 0.933. The Balaban J connectivity index is 2.88. The second-order valence-electron chi connectivity index (χ2n) is 3.92. The Morgan fingerprint density at radius 3 is 2.60 bits per heavy atom. The molecule has 0 bridgehead atoms. The first-order chi connectivity index (χ1) is 7.17. The summed E-state index contributed by atoms with van der Waals surface area (Å²) in [6, 6.07) is 6.29. The van der Waals surface area contributed by atoms with E-state index in [1.807, 2.05) is 6.07 Å². The summed E-state index contributed by atoms with van der Waals surface area (Å²) in [5, 5.41) is 0. The lowest BCUT2D eigenvalue weighted by atomic mass is 10.1. The first kappa shape index (κ1) is 12.0. The molecule has 0 spiro atoms. The molecule has 0 radical (unpaired) electrons. The van der Waals surface area contributed by atoms with E-state index in [9.17, 15) is 0 Å². The van der Waals surface area contributed by atoms with E-state index in [0.717, 1.165) is 18.7 Å². The number of benzene rings is 1. The average Bonchev–Trinajstić information content (AvgIpc) is 2.18. The van der Waals surface area contributed by atoms with Gasteiger partial charge >= 0.3 is 0 Å². The van der Waals surface area contributed by atoms with Crippen LogP contribution in [-0.2, 0) is 13.0 Å². The molecule has 84 valence electrons. The number of ether oxygens (including phenoxy) is 1. The smallest absolute Gasteiger partial charge is 0.122 e. The number of rotatable bonds is 5. The van der Waals surface area contributed by atoms with E-state index in [1.54, 1.807) is 7.11 Å². The zero-order valence-corrected chi connectivity index (χ0v) is 9.79. The van der Waals surface area contributed by atoms with Crippen LogP contribution < -0.4 is 10.5 Å². The molecule has 1 rings (SSSR count). The van der Waals surface area contributed by atoms with E-state index in [-0.39, 0.29) is 0 Å². The topological polar surface area (TPSA) is 38.5 Å². The van der Waals surface area contributed by atoms with Gasteiger partial charge in [0.05, 0.1) is 7.11 Å². The summed E-state index contributed by atoms with van der Waals surface area (Å²) in [5.41, 5.74) is 8.06. The third kappa shape index (κ3) is 3.53. The number of methoxy groups -OCH3 is 1. The minimum atomic E-state index is 0.655. The minimum absolute atomic E-state index is 0.655. The van der Waals surface area contributed by atoms with Gasteiger partial charge in [0.2, 0.25) is 0 Å². The quantitative estimate of drug-likeness (QED) is 0.791. The molecule has 1 aromatic rings. The minimum Gasteiger partial charge on any atom is -0.496 e. The zero-order chi connectivity index (χ0) is 11.3. The maximum absolute atomic E-state index is 5.57. The Hall–Kier alpha value is -1.06. The van der Waals surface area contributed by atoms with Crippen LogP contribution in [0.25, 0.3) is 0 Å². The van der Waals surface area contributed by atoms with Crippen molar-refractivity contribution in [2.75, 3.05) is 27.7 Å². The van der Waals surface area contributed by atoms with Gasteiger partial charge in [-0.1, -0.05) is 12.1 Å². The third-order valence-corrected chi connectivity index (χ3v) is 2.26. The summed E-state index contributed by atoms with van der Waals surface area (Å²) >= 11 is 0. The van der Waals surface area contributed by atoms with Crippen molar-refractivity contribution in [2.24, 2.45) is 5.73 Å². The fourth-order valence-electron chi connectivity index (χ4n) is 1.65. The lowest BCUT2D eigenvalue weighted by Crippen LogP contribution is -2.11. The zero-order valence-electron chi connectivity index (χ0n) is 9.79. The van der Waals surface area contributed by atoms with Gasteiger partial charge in [0.1, 0.15) is 5.75 Å². The van der Waals surface area contributed by atoms with Crippen LogP contribution in [0.2, 0.25) is 0 Å². The molecule has 0 atom stereocenters. The molecule has 0 fully saturated rings. The number of nitrogens with two attached hydrogens (primary N) is 1. The molecular formula is C12H20N2O. The summed E-state index contributed by atoms with van der Waals surface area (Å²) < 4.78 is 5.29. The molecule has 2 N–H and O–H groups in total. The predicted molar refractivity (Wildman–Crippen MR) is 63.1 cm³/mol. The highest BCUT2D eigenvalue weighted by atomic mass is 16.5. The third-order valence-electron chi connectivity index (χ3n) is 2.26. The van der Waals surface area contributed by atoms with E-state index in [4.69, 9.17) is 10.5 Å². The number of hydrogen-bond donors (Lipinski definition) is 1. The SMILES string of the molecule is COc1ccc(CN(C)C)cc1CCN. The summed E-state index contributed by atoms with van der Waals surface area (Å²) in [7, 11) is 5.82. The molecule has 1 aromatic carbocycles. The van der Waals surface area contributed by atoms with Crippen molar-refractivity contribution >= 4 is 0 Å². The highest BCUT2D eigenvalue weighted by molar-refractivity contribution is 5.37. The van der Waals surface area contributed by atoms with E-state index in [0.29, 0.717) is 6.54 Å². The molecular weight excluding hydrogens is 188 g/mol. The molecule has 0 saturated heterocycles. The molecule has 0 aromatic heterocycles. The monoisotopic (exact) mass is 208 g/mol. The van der Waals surface area contributed by atoms with Gasteiger partial charge in [-0.05, 0) is 44.3 Å². The van der Waals surface area contributed by atoms with Gasteiger partial charge in [-0.15, -0.1) is 0 Å². The molecule has 0 unspecified atom stereocenters. The van der Waals surface area contributed by atoms with Crippen LogP contribution in [-0.4, -0.2) is 32.6 Å². The first-order valence-corrected chi connectivity index (χ1v) is 5.18. The molecule has 0 aliphatic heterocycles. The van der Waals surface area contributed by atoms with Crippen LogP contribution in [0.15, 0.2) is 18.2 Å². The van der Waals surface area contributed by atoms with Crippen LogP contribution >= 0.6 is 0 Å². The Bertz CT molecular complexity index is 310. The average molecular weight is 208 g/mol. The van der Waals surface area contributed by atoms with Crippen molar-refractivity contribution in [3.05, 3.63) is 29.3 Å². The molecule has 15 heavy (non-hydrogen) atoms. The summed E-state index contributed by atoms with van der Waals surface area (Å²) in [6.45, 7) is 1.60. The molecule has 0 heterocycles. The van der Waals surface area contributed by atoms with Crippen LogP contribution in [0, 0.1) is 0 Å². The second kappa shape index (κ2) is 5.73. The van der Waals surface area contributed by atoms with Gasteiger partial charge < -0.3 is 15.4 Å². The van der Waals surface area contributed by atoms with Gasteiger partial charge in [0.25, 0.3) is 0 Å². The van der Waals surface area contributed by atoms with Gasteiger partial charge in [-0.25, -0.2) is 0 Å². The van der Waals surface area contributed by atoms with Crippen LogP contribution in [0.1, 0.15) is 11.1 Å². The number of hydrogen-bond acceptors (Lipinski definition) is 3. The Morgan fingerprint density at radius 1 is 1.33 bits per heavy atom. The molecule has 3 heteroatoms. The fraction of sp³-hybridized carbons (Fsp3) is 0.500. The summed E-state index contributed by atoms with van der Waals surface area (Å²) in [4.78, 5) is 2.15. The molecule has 0 aliphatic rings. The van der Waals surface area contributed by atoms with Gasteiger partial charge in [0.15, 0.2) is 0 Å². The van der Waals surface area contributed by atoms with E-state index < -0.39 is 0 Å². The highest BCUT2D eigenvalue weighted by Crippen LogP contribution is 2.20. The number of nitrogens with zero attached hydrogens (tertiary/aromatic N) is 1. The Labute approximate surface area is 91.8 Å².